The zero-order valence-corrected chi connectivity index (χ0v) is 29.0. The molecule has 2 fully saturated rings. The van der Waals surface area contributed by atoms with Gasteiger partial charge in [0.25, 0.3) is 5.91 Å². The van der Waals surface area contributed by atoms with Crippen LogP contribution in [-0.4, -0.2) is 80.4 Å². The average molecular weight is 713 g/mol. The number of urea groups is 1. The highest BCUT2D eigenvalue weighted by atomic mass is 32.1. The van der Waals surface area contributed by atoms with Crippen molar-refractivity contribution in [1.82, 2.24) is 30.1 Å². The number of anilines is 2. The van der Waals surface area contributed by atoms with Crippen molar-refractivity contribution in [2.75, 3.05) is 30.7 Å². The maximum Gasteiger partial charge on any atom is 0.333 e. The van der Waals surface area contributed by atoms with Gasteiger partial charge in [0.05, 0.1) is 29.9 Å². The lowest BCUT2D eigenvalue weighted by Crippen LogP contribution is -2.66. The number of fused-ring (bicyclic) bond motifs is 2. The van der Waals surface area contributed by atoms with Gasteiger partial charge in [-0.2, -0.15) is 5.01 Å². The van der Waals surface area contributed by atoms with Crippen LogP contribution in [0.1, 0.15) is 27.0 Å². The summed E-state index contributed by atoms with van der Waals surface area (Å²) in [7, 11) is 0. The van der Waals surface area contributed by atoms with E-state index in [1.165, 1.54) is 16.3 Å². The predicted octanol–water partition coefficient (Wildman–Crippen LogP) is 4.31. The van der Waals surface area contributed by atoms with Crippen LogP contribution in [0.3, 0.4) is 0 Å². The number of nitrogens with one attached hydrogen (secondary N) is 2. The Morgan fingerprint density at radius 2 is 1.67 bits per heavy atom. The highest BCUT2D eigenvalue weighted by Crippen LogP contribution is 2.32. The van der Waals surface area contributed by atoms with Gasteiger partial charge in [-0.25, -0.2) is 14.8 Å². The Morgan fingerprint density at radius 1 is 0.942 bits per heavy atom. The monoisotopic (exact) mass is 712 g/mol. The second-order valence-electron chi connectivity index (χ2n) is 12.6. The molecule has 5 amide bonds. The number of thiazole rings is 1. The average Bonchev–Trinajstić information content (AvgIpc) is 3.71. The third-order valence-electron chi connectivity index (χ3n) is 9.20. The van der Waals surface area contributed by atoms with Gasteiger partial charge in [-0.05, 0) is 47.0 Å². The van der Waals surface area contributed by atoms with Crippen molar-refractivity contribution in [3.63, 3.8) is 0 Å². The number of hydrogen-bond donors (Lipinski definition) is 3. The van der Waals surface area contributed by atoms with Gasteiger partial charge in [0, 0.05) is 30.8 Å². The molecule has 2 atom stereocenters. The molecule has 4 N–H and O–H groups in total. The van der Waals surface area contributed by atoms with Crippen LogP contribution < -0.4 is 16.4 Å². The Hall–Kier alpha value is -6.23. The fourth-order valence-electron chi connectivity index (χ4n) is 6.72. The van der Waals surface area contributed by atoms with E-state index in [0.717, 1.165) is 26.9 Å². The van der Waals surface area contributed by atoms with Gasteiger partial charge in [-0.15, -0.1) is 6.42 Å². The van der Waals surface area contributed by atoms with Crippen molar-refractivity contribution < 1.29 is 19.2 Å². The van der Waals surface area contributed by atoms with Gasteiger partial charge in [-0.3, -0.25) is 14.4 Å². The number of benzene rings is 4. The number of terminal acetylenes is 1. The van der Waals surface area contributed by atoms with E-state index >= 15 is 0 Å². The zero-order valence-electron chi connectivity index (χ0n) is 28.1. The fourth-order valence-corrected chi connectivity index (χ4v) is 7.50. The molecule has 0 radical (unpaired) electrons. The third kappa shape index (κ3) is 7.16. The zero-order chi connectivity index (χ0) is 36.2. The number of hydrogen-bond acceptors (Lipinski definition) is 8. The SMILES string of the molecule is C#CCN(C(=O)NCc1ccccc1)N1CC(=O)N2[C@@H](Cc3ccc(NC(=O)c4ccccc4)cc3)C(=O)N(Cc3cccc4sc(N)nc34)C[C@@H]21. The van der Waals surface area contributed by atoms with E-state index in [0.29, 0.717) is 16.4 Å². The first-order valence-corrected chi connectivity index (χ1v) is 17.6. The van der Waals surface area contributed by atoms with Crippen LogP contribution in [0.5, 0.6) is 0 Å². The molecule has 2 aliphatic heterocycles. The normalized spacial score (nSPS) is 17.1. The maximum absolute atomic E-state index is 14.4. The third-order valence-corrected chi connectivity index (χ3v) is 10.0. The van der Waals surface area contributed by atoms with E-state index in [1.54, 1.807) is 51.2 Å². The Morgan fingerprint density at radius 3 is 2.40 bits per heavy atom. The molecule has 0 spiro atoms. The molecule has 4 aromatic carbocycles. The number of hydrazine groups is 1. The van der Waals surface area contributed by atoms with Gasteiger partial charge in [-0.1, -0.05) is 90.1 Å². The molecule has 0 unspecified atom stereocenters. The number of piperazine rings is 1. The summed E-state index contributed by atoms with van der Waals surface area (Å²) in [6.45, 7) is 0.416. The number of nitrogens with zero attached hydrogens (tertiary/aromatic N) is 5. The molecule has 13 heteroatoms. The van der Waals surface area contributed by atoms with Crippen molar-refractivity contribution in [1.29, 1.82) is 0 Å². The molecule has 262 valence electrons. The van der Waals surface area contributed by atoms with Crippen molar-refractivity contribution in [3.8, 4) is 12.3 Å². The number of rotatable bonds is 10. The summed E-state index contributed by atoms with van der Waals surface area (Å²) in [6, 6.07) is 30.0. The van der Waals surface area contributed by atoms with Crippen LogP contribution in [0.4, 0.5) is 15.6 Å². The number of carbonyl (C=O) groups excluding carboxylic acids is 4. The molecule has 5 aromatic rings. The minimum atomic E-state index is -0.874. The highest BCUT2D eigenvalue weighted by Gasteiger charge is 2.52. The van der Waals surface area contributed by atoms with Gasteiger partial charge in [0.1, 0.15) is 12.2 Å². The number of nitrogen functional groups attached to an aromatic ring is 1. The van der Waals surface area contributed by atoms with Crippen LogP contribution in [0.2, 0.25) is 0 Å². The lowest BCUT2D eigenvalue weighted by atomic mass is 9.99. The highest BCUT2D eigenvalue weighted by molar-refractivity contribution is 7.22. The van der Waals surface area contributed by atoms with Crippen LogP contribution in [0, 0.1) is 12.3 Å². The van der Waals surface area contributed by atoms with Crippen molar-refractivity contribution in [2.24, 2.45) is 0 Å². The van der Waals surface area contributed by atoms with E-state index in [2.05, 4.69) is 21.5 Å². The van der Waals surface area contributed by atoms with Crippen LogP contribution >= 0.6 is 11.3 Å². The topological polar surface area (TPSA) is 144 Å². The van der Waals surface area contributed by atoms with E-state index in [-0.39, 0.29) is 56.9 Å². The van der Waals surface area contributed by atoms with Crippen molar-refractivity contribution in [2.45, 2.75) is 31.7 Å². The molecule has 0 saturated carbocycles. The molecule has 0 aliphatic carbocycles. The summed E-state index contributed by atoms with van der Waals surface area (Å²) in [4.78, 5) is 62.5. The van der Waals surface area contributed by atoms with Crippen molar-refractivity contribution in [3.05, 3.63) is 125 Å². The largest absolute Gasteiger partial charge is 0.375 e. The second-order valence-corrected chi connectivity index (χ2v) is 13.6. The van der Waals surface area contributed by atoms with E-state index in [1.807, 2.05) is 66.7 Å². The van der Waals surface area contributed by atoms with Crippen LogP contribution in [0.25, 0.3) is 10.2 Å². The van der Waals surface area contributed by atoms with E-state index in [9.17, 15) is 19.2 Å². The smallest absolute Gasteiger partial charge is 0.333 e. The molecular formula is C39H36N8O4S. The summed E-state index contributed by atoms with van der Waals surface area (Å²) in [5, 5.41) is 9.29. The van der Waals surface area contributed by atoms with Gasteiger partial charge < -0.3 is 26.2 Å². The Labute approximate surface area is 304 Å². The first-order valence-electron chi connectivity index (χ1n) is 16.8. The minimum Gasteiger partial charge on any atom is -0.375 e. The van der Waals surface area contributed by atoms with Gasteiger partial charge in [0.15, 0.2) is 5.13 Å². The number of carbonyl (C=O) groups is 4. The number of aromatic nitrogens is 1. The molecule has 1 aromatic heterocycles. The maximum atomic E-state index is 14.4. The Bertz CT molecular complexity index is 2150. The summed E-state index contributed by atoms with van der Waals surface area (Å²) < 4.78 is 0.907. The quantitative estimate of drug-likeness (QED) is 0.183. The molecule has 2 aliphatic rings. The summed E-state index contributed by atoms with van der Waals surface area (Å²) in [6.07, 6.45) is 5.29. The Kier molecular flexibility index (Phi) is 9.83. The predicted molar refractivity (Wildman–Crippen MR) is 199 cm³/mol. The Balaban J connectivity index is 1.16. The first-order chi connectivity index (χ1) is 25.3. The van der Waals surface area contributed by atoms with Gasteiger partial charge >= 0.3 is 6.03 Å². The lowest BCUT2D eigenvalue weighted by molar-refractivity contribution is -0.157. The molecule has 7 rings (SSSR count). The minimum absolute atomic E-state index is 0.0789. The standard InChI is InChI=1S/C39H36N8O4S/c1-2-20-45(39(51)41-22-27-10-5-3-6-11-27)46-25-34(48)47-31(21-26-16-18-30(19-17-26)42-36(49)28-12-7-4-8-13-28)37(50)44(24-33(46)47)23-29-14-9-15-32-35(29)43-38(40)52-32/h1,3-19,31,33H,20-25H2,(H2,40,43)(H,41,51)(H,42,49)/t31-,33+/m0/s1. The summed E-state index contributed by atoms with van der Waals surface area (Å²) >= 11 is 1.37. The van der Waals surface area contributed by atoms with E-state index in [4.69, 9.17) is 12.2 Å². The number of nitrogens with two attached hydrogens (primary N) is 1. The van der Waals surface area contributed by atoms with Crippen molar-refractivity contribution >= 4 is 56.1 Å². The molecule has 0 bridgehead atoms. The number of amides is 5. The molecule has 12 nitrogen and oxygen atoms in total. The fraction of sp³-hybridized carbons (Fsp3) is 0.205. The summed E-state index contributed by atoms with van der Waals surface area (Å²) in [5.74, 6) is 1.80. The number of para-hydroxylation sites is 1. The lowest BCUT2D eigenvalue weighted by Gasteiger charge is -2.46. The summed E-state index contributed by atoms with van der Waals surface area (Å²) in [5.41, 5.74) is 10.4. The van der Waals surface area contributed by atoms with Crippen LogP contribution in [-0.2, 0) is 29.1 Å². The van der Waals surface area contributed by atoms with Crippen LogP contribution in [0.15, 0.2) is 103 Å². The van der Waals surface area contributed by atoms with Gasteiger partial charge in [0.2, 0.25) is 11.8 Å². The molecular weight excluding hydrogens is 677 g/mol. The molecule has 3 heterocycles. The first kappa shape index (κ1) is 34.2. The molecule has 52 heavy (non-hydrogen) atoms. The molecule has 2 saturated heterocycles. The second kappa shape index (κ2) is 14.9. The van der Waals surface area contributed by atoms with E-state index < -0.39 is 18.2 Å².